The fourth-order valence-electron chi connectivity index (χ4n) is 2.64. The second kappa shape index (κ2) is 6.54. The minimum atomic E-state index is -0.328. The van der Waals surface area contributed by atoms with Gasteiger partial charge in [0.2, 0.25) is 5.91 Å². The van der Waals surface area contributed by atoms with Crippen LogP contribution in [-0.2, 0) is 4.79 Å². The fraction of sp³-hybridized carbons (Fsp3) is 0.467. The number of amides is 2. The Hall–Kier alpha value is -2.15. The predicted octanol–water partition coefficient (Wildman–Crippen LogP) is 1.43. The van der Waals surface area contributed by atoms with Gasteiger partial charge in [-0.25, -0.2) is 9.50 Å². The molecule has 1 saturated heterocycles. The normalized spacial score (nSPS) is 14.7. The molecule has 122 valence electrons. The lowest BCUT2D eigenvalue weighted by Gasteiger charge is -2.15. The number of fused-ring (bicyclic) bond motifs is 1. The summed E-state index contributed by atoms with van der Waals surface area (Å²) in [7, 11) is 0. The number of carbonyl (C=O) groups excluding carboxylic acids is 2. The molecule has 1 N–H and O–H groups in total. The molecule has 1 fully saturated rings. The zero-order valence-electron chi connectivity index (χ0n) is 12.9. The van der Waals surface area contributed by atoms with Gasteiger partial charge >= 0.3 is 0 Å². The van der Waals surface area contributed by atoms with Crippen LogP contribution in [0.5, 0.6) is 0 Å². The number of hydrogen-bond acceptors (Lipinski definition) is 4. The number of hydrogen-bond donors (Lipinski definition) is 1. The van der Waals surface area contributed by atoms with Crippen molar-refractivity contribution in [2.45, 2.75) is 26.2 Å². The van der Waals surface area contributed by atoms with Gasteiger partial charge in [-0.05, 0) is 25.3 Å². The number of rotatable bonds is 5. The van der Waals surface area contributed by atoms with Crippen molar-refractivity contribution in [1.29, 1.82) is 0 Å². The highest BCUT2D eigenvalue weighted by molar-refractivity contribution is 6.36. The van der Waals surface area contributed by atoms with E-state index in [1.807, 2.05) is 11.8 Å². The summed E-state index contributed by atoms with van der Waals surface area (Å²) in [5.41, 5.74) is 1.56. The molecule has 1 aliphatic heterocycles. The average molecular weight is 336 g/mol. The Balaban J connectivity index is 1.58. The van der Waals surface area contributed by atoms with Gasteiger partial charge in [-0.1, -0.05) is 11.6 Å². The van der Waals surface area contributed by atoms with Crippen LogP contribution in [0.3, 0.4) is 0 Å². The lowest BCUT2D eigenvalue weighted by atomic mass is 10.3. The Bertz CT molecular complexity index is 758. The van der Waals surface area contributed by atoms with Gasteiger partial charge in [0.25, 0.3) is 5.91 Å². The third kappa shape index (κ3) is 3.29. The van der Waals surface area contributed by atoms with E-state index in [4.69, 9.17) is 11.6 Å². The van der Waals surface area contributed by atoms with Crippen LogP contribution >= 0.6 is 11.6 Å². The minimum Gasteiger partial charge on any atom is -0.351 e. The first-order chi connectivity index (χ1) is 11.1. The largest absolute Gasteiger partial charge is 0.351 e. The zero-order valence-corrected chi connectivity index (χ0v) is 13.6. The van der Waals surface area contributed by atoms with Crippen molar-refractivity contribution >= 4 is 29.1 Å². The van der Waals surface area contributed by atoms with Crippen LogP contribution < -0.4 is 5.32 Å². The molecule has 3 rings (SSSR count). The Morgan fingerprint density at radius 2 is 2.30 bits per heavy atom. The van der Waals surface area contributed by atoms with Crippen molar-refractivity contribution in [3.63, 3.8) is 0 Å². The molecule has 3 heterocycles. The van der Waals surface area contributed by atoms with Crippen LogP contribution in [0.4, 0.5) is 0 Å². The summed E-state index contributed by atoms with van der Waals surface area (Å²) in [5, 5.41) is 7.22. The number of likely N-dealkylation sites (tertiary alicyclic amines) is 1. The third-order valence-electron chi connectivity index (χ3n) is 3.82. The Morgan fingerprint density at radius 3 is 3.04 bits per heavy atom. The van der Waals surface area contributed by atoms with Crippen LogP contribution in [0.2, 0.25) is 5.02 Å². The Morgan fingerprint density at radius 1 is 1.48 bits per heavy atom. The molecule has 0 atom stereocenters. The molecule has 0 aliphatic carbocycles. The maximum Gasteiger partial charge on any atom is 0.273 e. The molecule has 0 saturated carbocycles. The van der Waals surface area contributed by atoms with E-state index in [9.17, 15) is 9.59 Å². The zero-order chi connectivity index (χ0) is 16.4. The van der Waals surface area contributed by atoms with Gasteiger partial charge in [0.1, 0.15) is 5.02 Å². The summed E-state index contributed by atoms with van der Waals surface area (Å²) in [5.74, 6) is -0.132. The lowest BCUT2D eigenvalue weighted by Crippen LogP contribution is -2.30. The van der Waals surface area contributed by atoms with Crippen molar-refractivity contribution in [1.82, 2.24) is 24.8 Å². The van der Waals surface area contributed by atoms with Gasteiger partial charge in [0.05, 0.1) is 0 Å². The summed E-state index contributed by atoms with van der Waals surface area (Å²) in [6.45, 7) is 3.84. The van der Waals surface area contributed by atoms with E-state index in [-0.39, 0.29) is 22.5 Å². The van der Waals surface area contributed by atoms with Crippen molar-refractivity contribution in [2.75, 3.05) is 19.6 Å². The van der Waals surface area contributed by atoms with Gasteiger partial charge in [0.15, 0.2) is 11.3 Å². The van der Waals surface area contributed by atoms with Crippen molar-refractivity contribution in [3.05, 3.63) is 28.7 Å². The van der Waals surface area contributed by atoms with E-state index in [2.05, 4.69) is 15.4 Å². The van der Waals surface area contributed by atoms with Gasteiger partial charge < -0.3 is 10.2 Å². The van der Waals surface area contributed by atoms with E-state index >= 15 is 0 Å². The van der Waals surface area contributed by atoms with Crippen LogP contribution in [0, 0.1) is 6.92 Å². The summed E-state index contributed by atoms with van der Waals surface area (Å²) < 4.78 is 1.51. The van der Waals surface area contributed by atoms with Crippen molar-refractivity contribution in [2.24, 2.45) is 0 Å². The molecular formula is C15H18ClN5O2. The number of aryl methyl sites for hydroxylation is 1. The maximum atomic E-state index is 12.2. The molecule has 2 amide bonds. The molecule has 2 aromatic rings. The molecule has 0 bridgehead atoms. The molecule has 23 heavy (non-hydrogen) atoms. The standard InChI is InChI=1S/C15H18ClN5O2/c1-10-8-18-14-12(16)13(19-21(14)9-10)15(23)17-5-3-7-20-6-2-4-11(20)22/h8-9H,2-7H2,1H3,(H,17,23). The average Bonchev–Trinajstić information content (AvgIpc) is 3.07. The Labute approximate surface area is 138 Å². The quantitative estimate of drug-likeness (QED) is 0.838. The monoisotopic (exact) mass is 335 g/mol. The molecule has 0 radical (unpaired) electrons. The highest BCUT2D eigenvalue weighted by atomic mass is 35.5. The van der Waals surface area contributed by atoms with Crippen LogP contribution in [0.15, 0.2) is 12.4 Å². The fourth-order valence-corrected chi connectivity index (χ4v) is 2.90. The summed E-state index contributed by atoms with van der Waals surface area (Å²) in [4.78, 5) is 29.7. The van der Waals surface area contributed by atoms with Crippen LogP contribution in [-0.4, -0.2) is 50.9 Å². The third-order valence-corrected chi connectivity index (χ3v) is 4.17. The highest BCUT2D eigenvalue weighted by Crippen LogP contribution is 2.20. The molecular weight excluding hydrogens is 318 g/mol. The van der Waals surface area contributed by atoms with E-state index in [0.717, 1.165) is 18.5 Å². The number of nitrogens with one attached hydrogen (secondary N) is 1. The number of nitrogens with zero attached hydrogens (tertiary/aromatic N) is 4. The first-order valence-electron chi connectivity index (χ1n) is 7.62. The van der Waals surface area contributed by atoms with Gasteiger partial charge in [-0.3, -0.25) is 9.59 Å². The van der Waals surface area contributed by atoms with E-state index in [1.165, 1.54) is 4.52 Å². The number of carbonyl (C=O) groups is 2. The Kier molecular flexibility index (Phi) is 4.47. The lowest BCUT2D eigenvalue weighted by molar-refractivity contribution is -0.127. The maximum absolute atomic E-state index is 12.2. The number of halogens is 1. The van der Waals surface area contributed by atoms with Crippen LogP contribution in [0.25, 0.3) is 5.65 Å². The molecule has 2 aromatic heterocycles. The van der Waals surface area contributed by atoms with Crippen LogP contribution in [0.1, 0.15) is 35.3 Å². The van der Waals surface area contributed by atoms with Gasteiger partial charge in [-0.2, -0.15) is 5.10 Å². The first-order valence-corrected chi connectivity index (χ1v) is 8.00. The van der Waals surface area contributed by atoms with E-state index in [0.29, 0.717) is 31.6 Å². The molecule has 1 aliphatic rings. The van der Waals surface area contributed by atoms with Crippen molar-refractivity contribution in [3.8, 4) is 0 Å². The summed E-state index contributed by atoms with van der Waals surface area (Å²) in [6.07, 6.45) is 5.71. The van der Waals surface area contributed by atoms with E-state index in [1.54, 1.807) is 12.4 Å². The minimum absolute atomic E-state index is 0.169. The second-order valence-electron chi connectivity index (χ2n) is 5.66. The molecule has 0 unspecified atom stereocenters. The van der Waals surface area contributed by atoms with Gasteiger partial charge in [0, 0.05) is 38.4 Å². The highest BCUT2D eigenvalue weighted by Gasteiger charge is 2.20. The molecule has 7 nitrogen and oxygen atoms in total. The smallest absolute Gasteiger partial charge is 0.273 e. The molecule has 0 spiro atoms. The second-order valence-corrected chi connectivity index (χ2v) is 6.03. The molecule has 0 aromatic carbocycles. The predicted molar refractivity (Wildman–Crippen MR) is 85.5 cm³/mol. The number of aromatic nitrogens is 3. The topological polar surface area (TPSA) is 79.6 Å². The first kappa shape index (κ1) is 15.7. The van der Waals surface area contributed by atoms with E-state index < -0.39 is 0 Å². The summed E-state index contributed by atoms with van der Waals surface area (Å²) >= 11 is 6.18. The van der Waals surface area contributed by atoms with Gasteiger partial charge in [-0.15, -0.1) is 0 Å². The SMILES string of the molecule is Cc1cnc2c(Cl)c(C(=O)NCCCN3CCCC3=O)nn2c1. The van der Waals surface area contributed by atoms with Crippen molar-refractivity contribution < 1.29 is 9.59 Å². The summed E-state index contributed by atoms with van der Waals surface area (Å²) in [6, 6.07) is 0. The molecule has 8 heteroatoms.